The third kappa shape index (κ3) is 6.71. The summed E-state index contributed by atoms with van der Waals surface area (Å²) in [6.07, 6.45) is 3.87. The van der Waals surface area contributed by atoms with E-state index in [0.717, 1.165) is 16.8 Å². The second-order valence-corrected chi connectivity index (χ2v) is 16.8. The van der Waals surface area contributed by atoms with Crippen molar-refractivity contribution in [1.82, 2.24) is 0 Å². The summed E-state index contributed by atoms with van der Waals surface area (Å²) in [6, 6.07) is 17.0. The van der Waals surface area contributed by atoms with Gasteiger partial charge >= 0.3 is 17.9 Å². The average Bonchev–Trinajstić information content (AvgIpc) is 3.18. The second-order valence-electron chi connectivity index (χ2n) is 12.8. The Bertz CT molecular complexity index is 1740. The number of anilines is 1. The Morgan fingerprint density at radius 2 is 1.51 bits per heavy atom. The molecule has 0 radical (unpaired) electrons. The van der Waals surface area contributed by atoms with Crippen LogP contribution in [0.5, 0.6) is 17.2 Å². The summed E-state index contributed by atoms with van der Waals surface area (Å²) in [5, 5.41) is 3.03. The highest BCUT2D eigenvalue weighted by Gasteiger charge is 2.58. The second kappa shape index (κ2) is 12.5. The van der Waals surface area contributed by atoms with Gasteiger partial charge in [0.1, 0.15) is 38.2 Å². The molecular weight excluding hydrogens is 736 g/mol. The number of ether oxygens (including phenoxy) is 4. The number of benzene rings is 3. The van der Waals surface area contributed by atoms with Crippen LogP contribution in [0.3, 0.4) is 0 Å². The lowest BCUT2D eigenvalue weighted by Crippen LogP contribution is -2.60. The smallest absolute Gasteiger partial charge is 0.338 e. The molecule has 3 aromatic rings. The molecule has 2 heterocycles. The molecular formula is C35H34Br2N2O8. The quantitative estimate of drug-likeness (QED) is 0.0923. The molecule has 0 saturated heterocycles. The Balaban J connectivity index is 1.41. The van der Waals surface area contributed by atoms with Gasteiger partial charge in [-0.05, 0) is 101 Å². The van der Waals surface area contributed by atoms with Gasteiger partial charge in [0.15, 0.2) is 0 Å². The lowest BCUT2D eigenvalue weighted by molar-refractivity contribution is -0.136. The molecule has 5 rings (SSSR count). The van der Waals surface area contributed by atoms with E-state index in [1.54, 1.807) is 45.9 Å². The van der Waals surface area contributed by atoms with Crippen LogP contribution in [0.4, 0.5) is 11.4 Å². The maximum atomic E-state index is 13.4. The van der Waals surface area contributed by atoms with Gasteiger partial charge < -0.3 is 23.8 Å². The molecule has 0 aromatic heterocycles. The molecule has 0 amide bonds. The fourth-order valence-corrected chi connectivity index (χ4v) is 5.67. The van der Waals surface area contributed by atoms with Crippen molar-refractivity contribution in [2.45, 2.75) is 61.3 Å². The highest BCUT2D eigenvalue weighted by Crippen LogP contribution is 2.55. The summed E-state index contributed by atoms with van der Waals surface area (Å²) >= 11 is 6.54. The summed E-state index contributed by atoms with van der Waals surface area (Å²) in [7, 11) is 0. The number of hydrogen-bond donors (Lipinski definition) is 0. The Kier molecular flexibility index (Phi) is 9.15. The Morgan fingerprint density at radius 3 is 2.11 bits per heavy atom. The molecule has 2 aliphatic heterocycles. The van der Waals surface area contributed by atoms with Gasteiger partial charge in [0.25, 0.3) is 0 Å². The van der Waals surface area contributed by atoms with Crippen LogP contribution in [-0.2, 0) is 19.7 Å². The molecule has 10 nitrogen and oxygen atoms in total. The van der Waals surface area contributed by atoms with Crippen molar-refractivity contribution >= 4 is 67.2 Å². The van der Waals surface area contributed by atoms with E-state index in [0.29, 0.717) is 11.4 Å². The van der Waals surface area contributed by atoms with Gasteiger partial charge in [-0.25, -0.2) is 4.79 Å². The molecule has 12 heteroatoms. The third-order valence-electron chi connectivity index (χ3n) is 8.07. The number of hydrogen-bond acceptors (Lipinski definition) is 10. The molecule has 2 aliphatic rings. The standard InChI is InChI=1S/C35H34Br2N2O8/c1-32(2)26-9-7-8-10-27(26)39(35(32)14-13-21-17-23(38-43)11-12-28(21)47-35)15-16-44-29(40)22-18-24(45-30(41)33(3,4)36)20-25(19-22)46-31(42)34(5,6)37/h7-14,17-20H,15-16H2,1-6H3. The van der Waals surface area contributed by atoms with Gasteiger partial charge in [-0.2, -0.15) is 0 Å². The molecule has 0 bridgehead atoms. The van der Waals surface area contributed by atoms with Crippen molar-refractivity contribution in [2.75, 3.05) is 18.1 Å². The molecule has 3 aromatic carbocycles. The van der Waals surface area contributed by atoms with Crippen LogP contribution in [0, 0.1) is 4.91 Å². The molecule has 246 valence electrons. The van der Waals surface area contributed by atoms with E-state index in [1.165, 1.54) is 18.2 Å². The van der Waals surface area contributed by atoms with Crippen LogP contribution >= 0.6 is 31.9 Å². The van der Waals surface area contributed by atoms with Crippen molar-refractivity contribution in [3.63, 3.8) is 0 Å². The topological polar surface area (TPSA) is 121 Å². The fraction of sp³-hybridized carbons (Fsp3) is 0.343. The van der Waals surface area contributed by atoms with E-state index in [-0.39, 0.29) is 30.2 Å². The number of para-hydroxylation sites is 1. The first kappa shape index (κ1) is 34.3. The SMILES string of the molecule is CC(C)(Br)C(=O)Oc1cc(OC(=O)C(C)(C)Br)cc(C(=O)OCCN2c3ccccc3C(C)(C)C23C=Cc2cc(N=O)ccc2O3)c1. The average molecular weight is 770 g/mol. The van der Waals surface area contributed by atoms with Gasteiger partial charge in [0, 0.05) is 17.3 Å². The molecule has 0 saturated carbocycles. The van der Waals surface area contributed by atoms with E-state index in [4.69, 9.17) is 18.9 Å². The first-order chi connectivity index (χ1) is 22.0. The number of carbonyl (C=O) groups excluding carboxylic acids is 3. The monoisotopic (exact) mass is 768 g/mol. The predicted octanol–water partition coefficient (Wildman–Crippen LogP) is 8.00. The Hall–Kier alpha value is -4.03. The van der Waals surface area contributed by atoms with Crippen LogP contribution < -0.4 is 19.1 Å². The number of fused-ring (bicyclic) bond motifs is 2. The number of alkyl halides is 2. The zero-order chi connectivity index (χ0) is 34.4. The first-order valence-electron chi connectivity index (χ1n) is 14.8. The van der Waals surface area contributed by atoms with Crippen LogP contribution in [-0.4, -0.2) is 45.4 Å². The Morgan fingerprint density at radius 1 is 0.894 bits per heavy atom. The van der Waals surface area contributed by atoms with Gasteiger partial charge in [0.2, 0.25) is 5.72 Å². The van der Waals surface area contributed by atoms with Crippen molar-refractivity contribution in [1.29, 1.82) is 0 Å². The third-order valence-corrected chi connectivity index (χ3v) is 8.72. The number of nitroso groups, excluding NO2 is 1. The molecule has 1 unspecified atom stereocenters. The normalized spacial score (nSPS) is 17.7. The number of halogens is 2. The fourth-order valence-electron chi connectivity index (χ4n) is 5.51. The molecule has 47 heavy (non-hydrogen) atoms. The van der Waals surface area contributed by atoms with Crippen LogP contribution in [0.1, 0.15) is 63.0 Å². The van der Waals surface area contributed by atoms with E-state index < -0.39 is 37.7 Å². The van der Waals surface area contributed by atoms with Crippen molar-refractivity contribution in [2.24, 2.45) is 5.18 Å². The van der Waals surface area contributed by atoms with Crippen LogP contribution in [0.2, 0.25) is 0 Å². The molecule has 0 aliphatic carbocycles. The first-order valence-corrected chi connectivity index (χ1v) is 16.4. The van der Waals surface area contributed by atoms with Crippen molar-refractivity contribution < 1.29 is 33.3 Å². The van der Waals surface area contributed by atoms with E-state index >= 15 is 0 Å². The lowest BCUT2D eigenvalue weighted by Gasteiger charge is -2.47. The van der Waals surface area contributed by atoms with Gasteiger partial charge in [0.05, 0.1) is 17.5 Å². The highest BCUT2D eigenvalue weighted by atomic mass is 79.9. The molecule has 0 fully saturated rings. The van der Waals surface area contributed by atoms with Crippen molar-refractivity contribution in [3.8, 4) is 17.2 Å². The molecule has 1 atom stereocenters. The zero-order valence-electron chi connectivity index (χ0n) is 26.8. The largest absolute Gasteiger partial charge is 0.463 e. The highest BCUT2D eigenvalue weighted by molar-refractivity contribution is 9.10. The van der Waals surface area contributed by atoms with E-state index in [9.17, 15) is 19.3 Å². The summed E-state index contributed by atoms with van der Waals surface area (Å²) < 4.78 is 21.5. The maximum Gasteiger partial charge on any atom is 0.338 e. The number of esters is 3. The summed E-state index contributed by atoms with van der Waals surface area (Å²) in [5.41, 5.74) is 1.52. The van der Waals surface area contributed by atoms with Crippen LogP contribution in [0.25, 0.3) is 6.08 Å². The minimum absolute atomic E-state index is 0.00803. The number of rotatable bonds is 9. The van der Waals surface area contributed by atoms with Gasteiger partial charge in [-0.1, -0.05) is 50.1 Å². The lowest BCUT2D eigenvalue weighted by atomic mass is 9.76. The summed E-state index contributed by atoms with van der Waals surface area (Å²) in [4.78, 5) is 51.8. The summed E-state index contributed by atoms with van der Waals surface area (Å²) in [6.45, 7) is 10.9. The summed E-state index contributed by atoms with van der Waals surface area (Å²) in [5.74, 6) is -1.32. The number of nitrogens with zero attached hydrogens (tertiary/aromatic N) is 2. The maximum absolute atomic E-state index is 13.4. The molecule has 1 spiro atoms. The van der Waals surface area contributed by atoms with Crippen LogP contribution in [0.15, 0.2) is 71.9 Å². The minimum Gasteiger partial charge on any atom is -0.463 e. The molecule has 0 N–H and O–H groups in total. The van der Waals surface area contributed by atoms with E-state index in [1.807, 2.05) is 36.4 Å². The zero-order valence-corrected chi connectivity index (χ0v) is 29.9. The minimum atomic E-state index is -1.00. The predicted molar refractivity (Wildman–Crippen MR) is 185 cm³/mol. The van der Waals surface area contributed by atoms with Crippen molar-refractivity contribution in [3.05, 3.63) is 88.3 Å². The van der Waals surface area contributed by atoms with E-state index in [2.05, 4.69) is 55.8 Å². The number of carbonyl (C=O) groups is 3. The Labute approximate surface area is 289 Å². The van der Waals surface area contributed by atoms with Gasteiger partial charge in [-0.15, -0.1) is 4.91 Å². The van der Waals surface area contributed by atoms with Gasteiger partial charge in [-0.3, -0.25) is 9.59 Å².